The van der Waals surface area contributed by atoms with Crippen LogP contribution < -0.4 is 14.4 Å². The zero-order chi connectivity index (χ0) is 20.2. The van der Waals surface area contributed by atoms with E-state index in [4.69, 9.17) is 9.47 Å². The molecule has 0 radical (unpaired) electrons. The van der Waals surface area contributed by atoms with Crippen molar-refractivity contribution in [2.45, 2.75) is 12.5 Å². The highest BCUT2D eigenvalue weighted by Crippen LogP contribution is 2.21. The van der Waals surface area contributed by atoms with Crippen molar-refractivity contribution < 1.29 is 14.3 Å². The summed E-state index contributed by atoms with van der Waals surface area (Å²) < 4.78 is 11.6. The van der Waals surface area contributed by atoms with E-state index < -0.39 is 0 Å². The molecule has 7 heteroatoms. The summed E-state index contributed by atoms with van der Waals surface area (Å²) in [4.78, 5) is 16.2. The van der Waals surface area contributed by atoms with E-state index in [0.717, 1.165) is 23.0 Å². The van der Waals surface area contributed by atoms with E-state index in [1.807, 2.05) is 67.5 Å². The van der Waals surface area contributed by atoms with E-state index in [-0.39, 0.29) is 18.6 Å². The minimum atomic E-state index is -0.0841. The van der Waals surface area contributed by atoms with Crippen molar-refractivity contribution in [3.63, 3.8) is 0 Å². The number of amides is 1. The fraction of sp³-hybridized carbons (Fsp3) is 0.318. The minimum Gasteiger partial charge on any atom is -0.484 e. The van der Waals surface area contributed by atoms with Crippen LogP contribution in [-0.4, -0.2) is 60.9 Å². The highest BCUT2D eigenvalue weighted by molar-refractivity contribution is 5.84. The molecule has 1 aromatic heterocycles. The molecule has 3 aromatic rings. The Labute approximate surface area is 169 Å². The number of fused-ring (bicyclic) bond motifs is 1. The standard InChI is InChI=1S/C22H24N4O3/c1-25(2)20-9-10-21(24-23-20)29-19-11-12-26(14-19)22(27)15-28-18-8-7-16-5-3-4-6-17(16)13-18/h3-10,13,19H,11-12,14-15H2,1-2H3. The van der Waals surface area contributed by atoms with Crippen LogP contribution >= 0.6 is 0 Å². The van der Waals surface area contributed by atoms with Crippen LogP contribution in [0.1, 0.15) is 6.42 Å². The van der Waals surface area contributed by atoms with Gasteiger partial charge in [0.2, 0.25) is 5.88 Å². The third-order valence-electron chi connectivity index (χ3n) is 4.95. The Morgan fingerprint density at radius 3 is 2.69 bits per heavy atom. The number of likely N-dealkylation sites (tertiary alicyclic amines) is 1. The Kier molecular flexibility index (Phi) is 5.46. The van der Waals surface area contributed by atoms with E-state index in [1.54, 1.807) is 11.0 Å². The van der Waals surface area contributed by atoms with Crippen LogP contribution in [0, 0.1) is 0 Å². The lowest BCUT2D eigenvalue weighted by Gasteiger charge is -2.17. The first kappa shape index (κ1) is 19.0. The van der Waals surface area contributed by atoms with Gasteiger partial charge in [-0.05, 0) is 29.0 Å². The molecule has 0 N–H and O–H groups in total. The third-order valence-corrected chi connectivity index (χ3v) is 4.95. The quantitative estimate of drug-likeness (QED) is 0.643. The number of anilines is 1. The SMILES string of the molecule is CN(C)c1ccc(OC2CCN(C(=O)COc3ccc4ccccc4c3)C2)nn1. The van der Waals surface area contributed by atoms with Gasteiger partial charge in [-0.2, -0.15) is 0 Å². The average molecular weight is 392 g/mol. The second-order valence-electron chi connectivity index (χ2n) is 7.29. The second-order valence-corrected chi connectivity index (χ2v) is 7.29. The second kappa shape index (κ2) is 8.34. The van der Waals surface area contributed by atoms with Crippen molar-refractivity contribution in [2.75, 3.05) is 38.7 Å². The molecule has 150 valence electrons. The highest BCUT2D eigenvalue weighted by atomic mass is 16.5. The molecule has 7 nitrogen and oxygen atoms in total. The van der Waals surface area contributed by atoms with Gasteiger partial charge in [0.1, 0.15) is 11.9 Å². The molecule has 1 unspecified atom stereocenters. The van der Waals surface area contributed by atoms with Gasteiger partial charge in [-0.1, -0.05) is 30.3 Å². The molecule has 0 aliphatic carbocycles. The molecule has 1 fully saturated rings. The monoisotopic (exact) mass is 392 g/mol. The summed E-state index contributed by atoms with van der Waals surface area (Å²) in [6.07, 6.45) is 0.679. The maximum absolute atomic E-state index is 12.5. The van der Waals surface area contributed by atoms with Gasteiger partial charge in [-0.25, -0.2) is 0 Å². The van der Waals surface area contributed by atoms with Crippen molar-refractivity contribution >= 4 is 22.5 Å². The number of nitrogens with zero attached hydrogens (tertiary/aromatic N) is 4. The summed E-state index contributed by atoms with van der Waals surface area (Å²) in [5.41, 5.74) is 0. The average Bonchev–Trinajstić information content (AvgIpc) is 3.21. The maximum Gasteiger partial charge on any atom is 0.260 e. The lowest BCUT2D eigenvalue weighted by atomic mass is 10.1. The summed E-state index contributed by atoms with van der Waals surface area (Å²) >= 11 is 0. The Hall–Kier alpha value is -3.35. The van der Waals surface area contributed by atoms with Crippen LogP contribution in [0.4, 0.5) is 5.82 Å². The van der Waals surface area contributed by atoms with Crippen molar-refractivity contribution in [2.24, 2.45) is 0 Å². The normalized spacial score (nSPS) is 16.1. The van der Waals surface area contributed by atoms with Gasteiger partial charge >= 0.3 is 0 Å². The Balaban J connectivity index is 1.28. The number of ether oxygens (including phenoxy) is 2. The molecule has 0 spiro atoms. The molecule has 4 rings (SSSR count). The molecule has 2 aromatic carbocycles. The minimum absolute atomic E-state index is 0.0163. The first-order chi connectivity index (χ1) is 14.1. The summed E-state index contributed by atoms with van der Waals surface area (Å²) in [5.74, 6) is 1.90. The summed E-state index contributed by atoms with van der Waals surface area (Å²) in [7, 11) is 3.82. The molecule has 1 aliphatic rings. The van der Waals surface area contributed by atoms with Crippen LogP contribution in [0.2, 0.25) is 0 Å². The number of rotatable bonds is 6. The molecular weight excluding hydrogens is 368 g/mol. The van der Waals surface area contributed by atoms with E-state index in [1.165, 1.54) is 0 Å². The van der Waals surface area contributed by atoms with Gasteiger partial charge in [0.05, 0.1) is 6.54 Å². The van der Waals surface area contributed by atoms with Crippen molar-refractivity contribution in [3.8, 4) is 11.6 Å². The Morgan fingerprint density at radius 2 is 1.93 bits per heavy atom. The fourth-order valence-electron chi connectivity index (χ4n) is 3.33. The molecule has 2 heterocycles. The number of hydrogen-bond donors (Lipinski definition) is 0. The van der Waals surface area contributed by atoms with Gasteiger partial charge in [-0.15, -0.1) is 10.2 Å². The third kappa shape index (κ3) is 4.56. The molecule has 0 bridgehead atoms. The number of carbonyl (C=O) groups is 1. The van der Waals surface area contributed by atoms with Crippen molar-refractivity contribution in [1.82, 2.24) is 15.1 Å². The van der Waals surface area contributed by atoms with E-state index >= 15 is 0 Å². The van der Waals surface area contributed by atoms with Gasteiger partial charge in [0.25, 0.3) is 5.91 Å². The largest absolute Gasteiger partial charge is 0.484 e. The number of aromatic nitrogens is 2. The topological polar surface area (TPSA) is 67.8 Å². The van der Waals surface area contributed by atoms with Crippen molar-refractivity contribution in [3.05, 3.63) is 54.6 Å². The Morgan fingerprint density at radius 1 is 1.10 bits per heavy atom. The smallest absolute Gasteiger partial charge is 0.260 e. The van der Waals surface area contributed by atoms with Crippen LogP contribution in [0.25, 0.3) is 10.8 Å². The summed E-state index contributed by atoms with van der Waals surface area (Å²) in [6.45, 7) is 1.19. The summed E-state index contributed by atoms with van der Waals surface area (Å²) in [6, 6.07) is 17.6. The van der Waals surface area contributed by atoms with E-state index in [2.05, 4.69) is 10.2 Å². The van der Waals surface area contributed by atoms with Gasteiger partial charge < -0.3 is 19.3 Å². The Bertz CT molecular complexity index is 991. The lowest BCUT2D eigenvalue weighted by molar-refractivity contribution is -0.132. The van der Waals surface area contributed by atoms with Gasteiger partial charge in [-0.3, -0.25) is 4.79 Å². The predicted molar refractivity (Wildman–Crippen MR) is 111 cm³/mol. The fourth-order valence-corrected chi connectivity index (χ4v) is 3.33. The first-order valence-corrected chi connectivity index (χ1v) is 9.65. The molecule has 1 amide bonds. The molecule has 0 saturated carbocycles. The predicted octanol–water partition coefficient (Wildman–Crippen LogP) is 2.75. The maximum atomic E-state index is 12.5. The lowest BCUT2D eigenvalue weighted by Crippen LogP contribution is -2.34. The zero-order valence-electron chi connectivity index (χ0n) is 16.6. The van der Waals surface area contributed by atoms with Gasteiger partial charge in [0, 0.05) is 33.1 Å². The zero-order valence-corrected chi connectivity index (χ0v) is 16.6. The number of carbonyl (C=O) groups excluding carboxylic acids is 1. The van der Waals surface area contributed by atoms with Crippen LogP contribution in [0.3, 0.4) is 0 Å². The molecular formula is C22H24N4O3. The van der Waals surface area contributed by atoms with Crippen molar-refractivity contribution in [1.29, 1.82) is 0 Å². The van der Waals surface area contributed by atoms with Crippen LogP contribution in [0.15, 0.2) is 54.6 Å². The van der Waals surface area contributed by atoms with Crippen LogP contribution in [0.5, 0.6) is 11.6 Å². The van der Waals surface area contributed by atoms with Crippen LogP contribution in [-0.2, 0) is 4.79 Å². The highest BCUT2D eigenvalue weighted by Gasteiger charge is 2.28. The molecule has 1 atom stereocenters. The molecule has 1 aliphatic heterocycles. The molecule has 1 saturated heterocycles. The number of benzene rings is 2. The van der Waals surface area contributed by atoms with E-state index in [0.29, 0.717) is 24.7 Å². The van der Waals surface area contributed by atoms with Gasteiger partial charge in [0.15, 0.2) is 12.4 Å². The number of hydrogen-bond acceptors (Lipinski definition) is 6. The summed E-state index contributed by atoms with van der Waals surface area (Å²) in [5, 5.41) is 10.4. The van der Waals surface area contributed by atoms with E-state index in [9.17, 15) is 4.79 Å². The first-order valence-electron chi connectivity index (χ1n) is 9.65. The molecule has 29 heavy (non-hydrogen) atoms.